The summed E-state index contributed by atoms with van der Waals surface area (Å²) in [7, 11) is 2.54. The standard InChI is InChI=1S/C11H10F3NO4/c1-18-7-3-5-6(4-8(7)19-2)15-9(16)10(5,17)11(12,13)14/h3-4,17H,1-2H3,(H,15,16). The van der Waals surface area contributed by atoms with E-state index in [1.807, 2.05) is 5.32 Å². The van der Waals surface area contributed by atoms with Crippen LogP contribution in [0, 0.1) is 0 Å². The Morgan fingerprint density at radius 2 is 1.74 bits per heavy atom. The van der Waals surface area contributed by atoms with Crippen LogP contribution in [-0.4, -0.2) is 31.4 Å². The minimum absolute atomic E-state index is 0.0135. The highest BCUT2D eigenvalue weighted by Crippen LogP contribution is 2.49. The Hall–Kier alpha value is -1.96. The van der Waals surface area contributed by atoms with E-state index in [-0.39, 0.29) is 17.2 Å². The van der Waals surface area contributed by atoms with Gasteiger partial charge in [-0.15, -0.1) is 0 Å². The number of anilines is 1. The molecule has 0 spiro atoms. The molecule has 0 saturated carbocycles. The van der Waals surface area contributed by atoms with E-state index >= 15 is 0 Å². The van der Waals surface area contributed by atoms with Crippen LogP contribution in [0.2, 0.25) is 0 Å². The number of hydrogen-bond donors (Lipinski definition) is 2. The number of methoxy groups -OCH3 is 2. The lowest BCUT2D eigenvalue weighted by Gasteiger charge is -2.24. The minimum Gasteiger partial charge on any atom is -0.493 e. The quantitative estimate of drug-likeness (QED) is 0.857. The van der Waals surface area contributed by atoms with E-state index in [0.29, 0.717) is 0 Å². The van der Waals surface area contributed by atoms with Crippen LogP contribution >= 0.6 is 0 Å². The van der Waals surface area contributed by atoms with E-state index in [4.69, 9.17) is 9.47 Å². The molecule has 1 aromatic carbocycles. The van der Waals surface area contributed by atoms with Gasteiger partial charge in [0.25, 0.3) is 11.5 Å². The molecule has 0 saturated heterocycles. The third-order valence-electron chi connectivity index (χ3n) is 2.90. The summed E-state index contributed by atoms with van der Waals surface area (Å²) < 4.78 is 48.5. The first-order valence-electron chi connectivity index (χ1n) is 5.12. The smallest absolute Gasteiger partial charge is 0.430 e. The summed E-state index contributed by atoms with van der Waals surface area (Å²) in [5.74, 6) is -1.42. The van der Waals surface area contributed by atoms with Crippen molar-refractivity contribution in [1.82, 2.24) is 0 Å². The zero-order valence-electron chi connectivity index (χ0n) is 9.96. The Balaban J connectivity index is 2.67. The molecule has 0 aliphatic carbocycles. The van der Waals surface area contributed by atoms with Crippen molar-refractivity contribution in [1.29, 1.82) is 0 Å². The molecule has 1 aliphatic heterocycles. The maximum absolute atomic E-state index is 12.9. The van der Waals surface area contributed by atoms with Crippen molar-refractivity contribution < 1.29 is 32.5 Å². The molecule has 0 bridgehead atoms. The number of nitrogens with one attached hydrogen (secondary N) is 1. The second-order valence-electron chi connectivity index (χ2n) is 3.92. The minimum atomic E-state index is -5.14. The number of hydrogen-bond acceptors (Lipinski definition) is 4. The van der Waals surface area contributed by atoms with Crippen molar-refractivity contribution in [3.05, 3.63) is 17.7 Å². The van der Waals surface area contributed by atoms with E-state index in [0.717, 1.165) is 12.1 Å². The topological polar surface area (TPSA) is 67.8 Å². The highest BCUT2D eigenvalue weighted by atomic mass is 19.4. The molecule has 1 amide bonds. The summed E-state index contributed by atoms with van der Waals surface area (Å²) in [6.45, 7) is 0. The number of carbonyl (C=O) groups is 1. The number of amides is 1. The summed E-state index contributed by atoms with van der Waals surface area (Å²) in [6.07, 6.45) is -5.14. The van der Waals surface area contributed by atoms with Crippen LogP contribution in [0.4, 0.5) is 18.9 Å². The van der Waals surface area contributed by atoms with Crippen molar-refractivity contribution in [2.75, 3.05) is 19.5 Å². The summed E-state index contributed by atoms with van der Waals surface area (Å²) >= 11 is 0. The third kappa shape index (κ3) is 1.71. The normalized spacial score (nSPS) is 21.9. The number of ether oxygens (including phenoxy) is 2. The van der Waals surface area contributed by atoms with Crippen molar-refractivity contribution in [2.45, 2.75) is 11.8 Å². The van der Waals surface area contributed by atoms with Gasteiger partial charge in [0.05, 0.1) is 19.9 Å². The average molecular weight is 277 g/mol. The second-order valence-corrected chi connectivity index (χ2v) is 3.92. The molecule has 104 valence electrons. The SMILES string of the molecule is COc1cc2c(cc1OC)C(O)(C(F)(F)F)C(=O)N2. The molecule has 1 unspecified atom stereocenters. The van der Waals surface area contributed by atoms with Gasteiger partial charge in [0.1, 0.15) is 0 Å². The molecule has 19 heavy (non-hydrogen) atoms. The first-order chi connectivity index (χ1) is 8.75. The van der Waals surface area contributed by atoms with Gasteiger partial charge in [-0.25, -0.2) is 0 Å². The molecule has 8 heteroatoms. The summed E-state index contributed by atoms with van der Waals surface area (Å²) in [5.41, 5.74) is -4.35. The van der Waals surface area contributed by atoms with Crippen LogP contribution in [-0.2, 0) is 10.4 Å². The van der Waals surface area contributed by atoms with Gasteiger partial charge in [-0.2, -0.15) is 13.2 Å². The Labute approximate surface area is 105 Å². The molecule has 1 heterocycles. The lowest BCUT2D eigenvalue weighted by molar-refractivity contribution is -0.252. The van der Waals surface area contributed by atoms with Crippen molar-refractivity contribution >= 4 is 11.6 Å². The molecule has 1 aliphatic rings. The second kappa shape index (κ2) is 4.02. The maximum atomic E-state index is 12.9. The first kappa shape index (κ1) is 13.5. The Bertz CT molecular complexity index is 543. The van der Waals surface area contributed by atoms with Gasteiger partial charge < -0.3 is 19.9 Å². The fourth-order valence-corrected chi connectivity index (χ4v) is 1.90. The molecule has 1 atom stereocenters. The van der Waals surface area contributed by atoms with Crippen LogP contribution in [0.25, 0.3) is 0 Å². The van der Waals surface area contributed by atoms with E-state index in [9.17, 15) is 23.1 Å². The fraction of sp³-hybridized carbons (Fsp3) is 0.364. The molecule has 2 N–H and O–H groups in total. The number of aliphatic hydroxyl groups is 1. The predicted octanol–water partition coefficient (Wildman–Crippen LogP) is 1.41. The Kier molecular flexibility index (Phi) is 2.85. The van der Waals surface area contributed by atoms with Crippen LogP contribution in [0.5, 0.6) is 11.5 Å². The van der Waals surface area contributed by atoms with Crippen LogP contribution in [0.15, 0.2) is 12.1 Å². The van der Waals surface area contributed by atoms with E-state index in [1.54, 1.807) is 0 Å². The number of benzene rings is 1. The van der Waals surface area contributed by atoms with Gasteiger partial charge in [0.15, 0.2) is 11.5 Å². The fourth-order valence-electron chi connectivity index (χ4n) is 1.90. The summed E-state index contributed by atoms with van der Waals surface area (Å²) in [6, 6.07) is 2.09. The zero-order valence-corrected chi connectivity index (χ0v) is 9.96. The number of rotatable bonds is 2. The third-order valence-corrected chi connectivity index (χ3v) is 2.90. The number of fused-ring (bicyclic) bond motifs is 1. The summed E-state index contributed by atoms with van der Waals surface area (Å²) in [5, 5.41) is 11.7. The van der Waals surface area contributed by atoms with Crippen LogP contribution in [0.3, 0.4) is 0 Å². The van der Waals surface area contributed by atoms with Gasteiger partial charge in [0.2, 0.25) is 0 Å². The number of carbonyl (C=O) groups excluding carboxylic acids is 1. The Morgan fingerprint density at radius 1 is 1.21 bits per heavy atom. The van der Waals surface area contributed by atoms with Crippen LogP contribution in [0.1, 0.15) is 5.56 Å². The largest absolute Gasteiger partial charge is 0.493 e. The maximum Gasteiger partial charge on any atom is 0.430 e. The predicted molar refractivity (Wildman–Crippen MR) is 58.1 cm³/mol. The van der Waals surface area contributed by atoms with Gasteiger partial charge in [-0.05, 0) is 6.07 Å². The summed E-state index contributed by atoms with van der Waals surface area (Å²) in [4.78, 5) is 11.4. The molecule has 0 fully saturated rings. The van der Waals surface area contributed by atoms with Crippen LogP contribution < -0.4 is 14.8 Å². The average Bonchev–Trinajstić information content (AvgIpc) is 2.60. The van der Waals surface area contributed by atoms with Gasteiger partial charge in [0, 0.05) is 11.6 Å². The molecule has 0 aromatic heterocycles. The first-order valence-corrected chi connectivity index (χ1v) is 5.12. The molecule has 5 nitrogen and oxygen atoms in total. The van der Waals surface area contributed by atoms with Crippen molar-refractivity contribution in [3.63, 3.8) is 0 Å². The molecular weight excluding hydrogens is 267 g/mol. The monoisotopic (exact) mass is 277 g/mol. The lowest BCUT2D eigenvalue weighted by atomic mass is 9.94. The lowest BCUT2D eigenvalue weighted by Crippen LogP contribution is -2.47. The number of alkyl halides is 3. The van der Waals surface area contributed by atoms with E-state index < -0.39 is 23.2 Å². The molecule has 0 radical (unpaired) electrons. The number of halogens is 3. The van der Waals surface area contributed by atoms with Crippen molar-refractivity contribution in [2.24, 2.45) is 0 Å². The highest BCUT2D eigenvalue weighted by Gasteiger charge is 2.64. The van der Waals surface area contributed by atoms with Gasteiger partial charge >= 0.3 is 6.18 Å². The highest BCUT2D eigenvalue weighted by molar-refractivity contribution is 6.06. The zero-order chi connectivity index (χ0) is 14.4. The van der Waals surface area contributed by atoms with Gasteiger partial charge in [-0.3, -0.25) is 4.79 Å². The molecule has 1 aromatic rings. The van der Waals surface area contributed by atoms with E-state index in [1.165, 1.54) is 14.2 Å². The Morgan fingerprint density at radius 3 is 2.21 bits per heavy atom. The molecule has 2 rings (SSSR count). The molecular formula is C11H10F3NO4. The van der Waals surface area contributed by atoms with Gasteiger partial charge in [-0.1, -0.05) is 0 Å². The van der Waals surface area contributed by atoms with E-state index in [2.05, 4.69) is 0 Å². The van der Waals surface area contributed by atoms with Crippen molar-refractivity contribution in [3.8, 4) is 11.5 Å².